The predicted molar refractivity (Wildman–Crippen MR) is 313 cm³/mol. The second-order valence-corrected chi connectivity index (χ2v) is 21.5. The van der Waals surface area contributed by atoms with Gasteiger partial charge >= 0.3 is 54.5 Å². The van der Waals surface area contributed by atoms with E-state index in [0.717, 1.165) is 48.8 Å². The van der Waals surface area contributed by atoms with Crippen molar-refractivity contribution < 1.29 is 107 Å². The van der Waals surface area contributed by atoms with Crippen LogP contribution in [-0.2, 0) is 87.9 Å². The van der Waals surface area contributed by atoms with Crippen molar-refractivity contribution in [3.8, 4) is 0 Å². The third-order valence-electron chi connectivity index (χ3n) is 13.3. The number of aryl methyl sites for hydroxylation is 1. The highest BCUT2D eigenvalue weighted by Crippen LogP contribution is 2.15. The van der Waals surface area contributed by atoms with Gasteiger partial charge in [0.25, 0.3) is 0 Å². The summed E-state index contributed by atoms with van der Waals surface area (Å²) in [5, 5.41) is 47.7. The van der Waals surface area contributed by atoms with Crippen LogP contribution in [0.15, 0.2) is 24.3 Å². The second-order valence-electron chi connectivity index (χ2n) is 20.2. The summed E-state index contributed by atoms with van der Waals surface area (Å²) in [6.45, 7) is 4.46. The fourth-order valence-electron chi connectivity index (χ4n) is 8.51. The van der Waals surface area contributed by atoms with Gasteiger partial charge in [-0.2, -0.15) is 38.4 Å². The van der Waals surface area contributed by atoms with Crippen LogP contribution in [0.2, 0.25) is 0 Å². The molecule has 3 atom stereocenters. The van der Waals surface area contributed by atoms with Crippen molar-refractivity contribution in [2.75, 3.05) is 86.1 Å². The molecule has 2 rings (SSSR count). The molecule has 1 saturated heterocycles. The van der Waals surface area contributed by atoms with Gasteiger partial charge in [0.2, 0.25) is 11.8 Å². The van der Waals surface area contributed by atoms with Crippen molar-refractivity contribution in [1.82, 2.24) is 40.9 Å². The molecule has 0 radical (unpaired) electrons. The quantitative estimate of drug-likeness (QED) is 0.0343. The average molecular weight is 1360 g/mol. The Morgan fingerprint density at radius 1 is 0.455 bits per heavy atom. The fraction of sp³-hybridized carbons (Fsp3) is 0.649. The molecule has 0 saturated carbocycles. The lowest BCUT2D eigenvalue weighted by atomic mass is 10.0. The number of aliphatic carboxylic acids is 4. The number of carboxylic acids is 4. The van der Waals surface area contributed by atoms with Crippen LogP contribution in [0.1, 0.15) is 134 Å². The van der Waals surface area contributed by atoms with E-state index in [0.29, 0.717) is 97.1 Å². The van der Waals surface area contributed by atoms with E-state index >= 15 is 0 Å². The van der Waals surface area contributed by atoms with Crippen molar-refractivity contribution in [2.24, 2.45) is 0 Å². The summed E-state index contributed by atoms with van der Waals surface area (Å²) in [7, 11) is 3.98. The Hall–Kier alpha value is -7.59. The zero-order valence-corrected chi connectivity index (χ0v) is 52.1. The number of halogens is 1. The number of amides is 4. The normalized spacial score (nSPS) is 13.7. The number of unbranched alkanes of at least 4 members (excludes halogenated alkanes) is 6. The van der Waals surface area contributed by atoms with E-state index in [4.69, 9.17) is 43.5 Å². The summed E-state index contributed by atoms with van der Waals surface area (Å²) in [6.07, 6.45) is 8.92. The zero-order chi connectivity index (χ0) is 67.1. The number of hydrogen-bond acceptors (Lipinski definition) is 22. The van der Waals surface area contributed by atoms with Gasteiger partial charge < -0.3 is 51.5 Å². The number of likely N-dealkylation sites (N-methyl/N-ethyl adjacent to an activating group) is 2. The summed E-state index contributed by atoms with van der Waals surface area (Å²) < 4.78 is 1.15. The second kappa shape index (κ2) is 56.0. The van der Waals surface area contributed by atoms with Crippen LogP contribution in [0.3, 0.4) is 0 Å². The molecule has 1 aromatic rings. The first kappa shape index (κ1) is 84.6. The topological polar surface area (TPSA) is 449 Å². The molecule has 8 N–H and O–H groups in total. The molecule has 1 heterocycles. The van der Waals surface area contributed by atoms with Gasteiger partial charge in [0.1, 0.15) is 35.5 Å². The van der Waals surface area contributed by atoms with Crippen LogP contribution in [0.5, 0.6) is 0 Å². The molecule has 1 aliphatic rings. The minimum Gasteiger partial charge on any atom is -0.481 e. The number of carbonyl (C=O) groups is 10. The lowest BCUT2D eigenvalue weighted by Crippen LogP contribution is -2.54. The zero-order valence-electron chi connectivity index (χ0n) is 50.0. The van der Waals surface area contributed by atoms with E-state index in [1.54, 1.807) is 0 Å². The van der Waals surface area contributed by atoms with E-state index in [9.17, 15) is 63.3 Å². The monoisotopic (exact) mass is 1360 g/mol. The highest BCUT2D eigenvalue weighted by Gasteiger charge is 2.28. The molecule has 0 spiro atoms. The van der Waals surface area contributed by atoms with Gasteiger partial charge in [-0.1, -0.05) is 44.2 Å². The summed E-state index contributed by atoms with van der Waals surface area (Å²) >= 11 is 2.25. The van der Waals surface area contributed by atoms with Gasteiger partial charge in [-0.05, 0) is 112 Å². The number of hydrogen-bond donors (Lipinski definition) is 8. The number of nitrogens with zero attached hydrogens (tertiary/aromatic N) is 4. The molecule has 0 bridgehead atoms. The van der Waals surface area contributed by atoms with Gasteiger partial charge in [0.15, 0.2) is 0 Å². The van der Waals surface area contributed by atoms with Crippen LogP contribution in [0, 0.1) is 3.57 Å². The Bertz CT molecular complexity index is 2340. The molecule has 88 heavy (non-hydrogen) atoms. The Morgan fingerprint density at radius 2 is 0.852 bits per heavy atom. The predicted octanol–water partition coefficient (Wildman–Crippen LogP) is 1.47. The number of ketones is 3. The van der Waals surface area contributed by atoms with Crippen molar-refractivity contribution in [3.63, 3.8) is 0 Å². The number of benzene rings is 1. The van der Waals surface area contributed by atoms with Crippen LogP contribution in [0.4, 0.5) is 4.79 Å². The first-order valence-electron chi connectivity index (χ1n) is 28.5. The van der Waals surface area contributed by atoms with Crippen molar-refractivity contribution in [2.45, 2.75) is 153 Å². The van der Waals surface area contributed by atoms with Gasteiger partial charge in [-0.15, -0.1) is 0 Å². The molecule has 4 amide bonds. The summed E-state index contributed by atoms with van der Waals surface area (Å²) in [5.41, 5.74) is 1.18. The molecule has 30 nitrogen and oxygen atoms in total. The first-order chi connectivity index (χ1) is 41.9. The summed E-state index contributed by atoms with van der Waals surface area (Å²) in [5.74, 6) is -5.93. The van der Waals surface area contributed by atoms with E-state index < -0.39 is 66.3 Å². The van der Waals surface area contributed by atoms with E-state index in [2.05, 4.69) is 65.8 Å². The van der Waals surface area contributed by atoms with E-state index in [-0.39, 0.29) is 100 Å². The minimum atomic E-state index is -1.35. The Kier molecular flexibility index (Phi) is 53.8. The van der Waals surface area contributed by atoms with Crippen LogP contribution in [0.25, 0.3) is 0 Å². The number of carbonyl (C=O) groups excluding carboxylic acids is 14. The highest BCUT2D eigenvalue weighted by molar-refractivity contribution is 14.1. The number of carboxylic acid groups (broad SMARTS) is 4. The Balaban J connectivity index is -0.00000553. The molecule has 0 aromatic heterocycles. The van der Waals surface area contributed by atoms with Gasteiger partial charge in [-0.3, -0.25) is 43.4 Å². The number of urea groups is 1. The highest BCUT2D eigenvalue weighted by atomic mass is 127. The maximum Gasteiger partial charge on any atom is 0.373 e. The standard InChI is InChI=1S/C53H85IN8O14.4CO2/c1-59-29-30-60(2)32-34-62(38-49(69)70)36-35-61(33-31-59)37-47(66)56-44(50(71)57-45(51(72)73)19-10-6-9-15-41(63)17-11-13-39-20-22-40(54)23-21-39)25-24-43(65)16-8-5-3-4-7-14-42(64)18-12-28-55-53(76)58-46(52(74)75)26-27-48(67)68;4*2-1-3/h20-23,44-46H,3-19,24-38H2,1-2H3,(H,56,66)(H,57,71)(H,67,68)(H,69,70)(H,72,73)(H,74,75)(H2,55,58,76);;;;. The first-order valence-corrected chi connectivity index (χ1v) is 29.6. The van der Waals surface area contributed by atoms with Crippen molar-refractivity contribution in [3.05, 3.63) is 33.4 Å². The molecule has 3 unspecified atom stereocenters. The van der Waals surface area contributed by atoms with Gasteiger partial charge in [0.05, 0.1) is 13.1 Å². The van der Waals surface area contributed by atoms with E-state index in [1.807, 2.05) is 36.0 Å². The summed E-state index contributed by atoms with van der Waals surface area (Å²) in [6, 6.07) is 3.59. The Labute approximate surface area is 524 Å². The Morgan fingerprint density at radius 3 is 1.33 bits per heavy atom. The lowest BCUT2D eigenvalue weighted by molar-refractivity contribution is -0.193. The van der Waals surface area contributed by atoms with Crippen LogP contribution < -0.4 is 21.3 Å². The maximum absolute atomic E-state index is 13.9. The number of rotatable bonds is 38. The molecular formula is C57H85IN8O22. The third-order valence-corrected chi connectivity index (χ3v) is 14.0. The maximum atomic E-state index is 13.9. The lowest BCUT2D eigenvalue weighted by Gasteiger charge is -2.31. The largest absolute Gasteiger partial charge is 0.481 e. The third kappa shape index (κ3) is 51.6. The number of Topliss-reactive ketones (excluding diaryl/α,β-unsaturated/α-hetero) is 3. The minimum absolute atomic E-state index is 0.00752. The molecule has 492 valence electrons. The SMILES string of the molecule is CN1CCN(C)CCN(CC(=O)NC(CCC(=O)CCCCCCCC(=O)CCCNC(=O)NC(CCC(=O)O)C(=O)O)C(=O)NC(CCCCCC(=O)CCCc2ccc(I)cc2)C(=O)O)CCN(CC(=O)O)CC1.O=C=O.O=C=O.O=C=O.O=C=O. The average Bonchev–Trinajstić information content (AvgIpc) is 3.46. The molecule has 31 heteroatoms. The summed E-state index contributed by atoms with van der Waals surface area (Å²) in [4.78, 5) is 197. The van der Waals surface area contributed by atoms with Gasteiger partial charge in [-0.25, -0.2) is 14.4 Å². The van der Waals surface area contributed by atoms with Crippen LogP contribution >= 0.6 is 22.6 Å². The molecular weight excluding hydrogens is 1280 g/mol. The fourth-order valence-corrected chi connectivity index (χ4v) is 8.87. The van der Waals surface area contributed by atoms with Crippen molar-refractivity contribution >= 4 is 106 Å². The smallest absolute Gasteiger partial charge is 0.373 e. The molecule has 0 aliphatic carbocycles. The van der Waals surface area contributed by atoms with Crippen molar-refractivity contribution in [1.29, 1.82) is 0 Å². The molecule has 1 aliphatic heterocycles. The van der Waals surface area contributed by atoms with Crippen LogP contribution in [-0.4, -0.2) is 228 Å². The van der Waals surface area contributed by atoms with Gasteiger partial charge in [0, 0.05) is 107 Å². The van der Waals surface area contributed by atoms with E-state index in [1.165, 1.54) is 5.56 Å². The molecule has 1 aromatic carbocycles. The molecule has 1 fully saturated rings. The number of nitrogens with one attached hydrogen (secondary N) is 4.